The van der Waals surface area contributed by atoms with E-state index in [9.17, 15) is 0 Å². The van der Waals surface area contributed by atoms with Crippen molar-refractivity contribution in [3.05, 3.63) is 157 Å². The second-order valence-corrected chi connectivity index (χ2v) is 12.8. The topological polar surface area (TPSA) is 73.8 Å². The molecule has 6 aromatic carbocycles. The molecule has 0 aliphatic carbocycles. The van der Waals surface area contributed by atoms with Crippen LogP contribution in [0.1, 0.15) is 11.1 Å². The second kappa shape index (κ2) is 16.8. The van der Waals surface area contributed by atoms with Gasteiger partial charge >= 0.3 is 17.2 Å². The zero-order valence-corrected chi connectivity index (χ0v) is 29.8. The third kappa shape index (κ3) is 8.59. The summed E-state index contributed by atoms with van der Waals surface area (Å²) in [7, 11) is -0.843. The fraction of sp³-hybridized carbons (Fsp3) is 0.100. The lowest BCUT2D eigenvalue weighted by Crippen LogP contribution is -2.07. The number of rotatable bonds is 15. The van der Waals surface area contributed by atoms with Crippen molar-refractivity contribution in [1.29, 1.82) is 0 Å². The molecule has 0 fully saturated rings. The first kappa shape index (κ1) is 34.4. The SMILES string of the molecule is COc1ccc(C)c(OP(Oc2ccccc2)Oc2ccccc2)c1-c1c(OC)ccc(C)c1OP(Oc1ccccc1)Oc1ccccc1. The Kier molecular flexibility index (Phi) is 11.6. The highest BCUT2D eigenvalue weighted by atomic mass is 31.2. The summed E-state index contributed by atoms with van der Waals surface area (Å²) in [5.41, 5.74) is 2.77. The second-order valence-electron chi connectivity index (χ2n) is 10.8. The number of hydrogen-bond acceptors (Lipinski definition) is 8. The van der Waals surface area contributed by atoms with E-state index >= 15 is 0 Å². The molecule has 0 spiro atoms. The van der Waals surface area contributed by atoms with Crippen LogP contribution in [0.3, 0.4) is 0 Å². The van der Waals surface area contributed by atoms with E-state index in [0.717, 1.165) is 11.1 Å². The van der Waals surface area contributed by atoms with Gasteiger partial charge in [0, 0.05) is 0 Å². The molecule has 50 heavy (non-hydrogen) atoms. The molecule has 0 aliphatic heterocycles. The molecule has 6 rings (SSSR count). The van der Waals surface area contributed by atoms with Crippen LogP contribution < -0.4 is 36.6 Å². The number of para-hydroxylation sites is 4. The van der Waals surface area contributed by atoms with Gasteiger partial charge in [-0.25, -0.2) is 0 Å². The minimum atomic E-state index is -2.03. The molecule has 0 saturated carbocycles. The van der Waals surface area contributed by atoms with Crippen molar-refractivity contribution < 1.29 is 36.6 Å². The van der Waals surface area contributed by atoms with Crippen molar-refractivity contribution in [2.24, 2.45) is 0 Å². The third-order valence-corrected chi connectivity index (χ3v) is 9.45. The van der Waals surface area contributed by atoms with Crippen molar-refractivity contribution in [3.63, 3.8) is 0 Å². The standard InChI is InChI=1S/C40H36O8P2/c1-29-25-27-35(41-3)37(39(29)47-49(43-31-17-9-5-10-18-31)44-32-19-11-6-12-20-32)38-36(42-4)28-26-30(2)40(38)48-50(45-33-21-13-7-14-22-33)46-34-23-15-8-16-24-34/h5-28H,1-4H3. The van der Waals surface area contributed by atoms with Gasteiger partial charge in [0.2, 0.25) is 0 Å². The van der Waals surface area contributed by atoms with E-state index in [-0.39, 0.29) is 0 Å². The maximum atomic E-state index is 6.74. The number of ether oxygens (including phenoxy) is 2. The van der Waals surface area contributed by atoms with Crippen LogP contribution in [0.4, 0.5) is 0 Å². The Morgan fingerprint density at radius 1 is 0.340 bits per heavy atom. The van der Waals surface area contributed by atoms with Gasteiger partial charge in [0.15, 0.2) is 0 Å². The molecule has 0 N–H and O–H groups in total. The van der Waals surface area contributed by atoms with Gasteiger partial charge in [-0.05, 0) is 85.6 Å². The van der Waals surface area contributed by atoms with Crippen LogP contribution in [0.5, 0.6) is 46.0 Å². The largest absolute Gasteiger partial charge is 0.530 e. The highest BCUT2D eigenvalue weighted by molar-refractivity contribution is 7.43. The van der Waals surface area contributed by atoms with Crippen LogP contribution >= 0.6 is 17.2 Å². The molecule has 6 aromatic rings. The average molecular weight is 707 g/mol. The molecule has 0 amide bonds. The van der Waals surface area contributed by atoms with Crippen LogP contribution in [0.25, 0.3) is 11.1 Å². The lowest BCUT2D eigenvalue weighted by Gasteiger charge is -2.25. The summed E-state index contributed by atoms with van der Waals surface area (Å²) in [4.78, 5) is 0. The van der Waals surface area contributed by atoms with Crippen LogP contribution in [-0.4, -0.2) is 14.2 Å². The summed E-state index contributed by atoms with van der Waals surface area (Å²) in [6.07, 6.45) is 0. The molecule has 0 unspecified atom stereocenters. The molecule has 0 atom stereocenters. The van der Waals surface area contributed by atoms with Gasteiger partial charge in [-0.1, -0.05) is 84.9 Å². The van der Waals surface area contributed by atoms with Crippen molar-refractivity contribution in [2.45, 2.75) is 13.8 Å². The summed E-state index contributed by atoms with van der Waals surface area (Å²) >= 11 is 0. The number of benzene rings is 6. The average Bonchev–Trinajstić information content (AvgIpc) is 3.15. The fourth-order valence-corrected chi connectivity index (χ4v) is 7.08. The zero-order valence-electron chi connectivity index (χ0n) is 28.0. The number of hydrogen-bond donors (Lipinski definition) is 0. The molecule has 0 heterocycles. The minimum Gasteiger partial charge on any atom is -0.496 e. The van der Waals surface area contributed by atoms with Gasteiger partial charge in [0.05, 0.1) is 25.3 Å². The Labute approximate surface area is 295 Å². The minimum absolute atomic E-state index is 0.466. The van der Waals surface area contributed by atoms with Crippen LogP contribution in [-0.2, 0) is 0 Å². The predicted molar refractivity (Wildman–Crippen MR) is 198 cm³/mol. The maximum Gasteiger partial charge on any atom is 0.530 e. The van der Waals surface area contributed by atoms with E-state index in [1.807, 2.05) is 159 Å². The van der Waals surface area contributed by atoms with Gasteiger partial charge in [-0.3, -0.25) is 0 Å². The van der Waals surface area contributed by atoms with E-state index < -0.39 is 17.2 Å². The molecule has 10 heteroatoms. The van der Waals surface area contributed by atoms with E-state index in [4.69, 9.17) is 36.6 Å². The van der Waals surface area contributed by atoms with Gasteiger partial charge in [-0.2, -0.15) is 0 Å². The molecule has 0 bridgehead atoms. The Morgan fingerprint density at radius 2 is 0.620 bits per heavy atom. The highest BCUT2D eigenvalue weighted by Crippen LogP contribution is 2.56. The molecule has 0 radical (unpaired) electrons. The van der Waals surface area contributed by atoms with Gasteiger partial charge in [-0.15, -0.1) is 0 Å². The third-order valence-electron chi connectivity index (χ3n) is 7.35. The molecule has 254 valence electrons. The Bertz CT molecular complexity index is 1740. The molecule has 0 saturated heterocycles. The van der Waals surface area contributed by atoms with E-state index in [0.29, 0.717) is 57.1 Å². The molecule has 0 aromatic heterocycles. The Balaban J connectivity index is 1.46. The fourth-order valence-electron chi connectivity index (χ4n) is 4.92. The normalized spacial score (nSPS) is 10.8. The molecular formula is C40H36O8P2. The molecule has 0 aliphatic rings. The first-order valence-electron chi connectivity index (χ1n) is 15.8. The maximum absolute atomic E-state index is 6.74. The lowest BCUT2D eigenvalue weighted by atomic mass is 9.97. The Morgan fingerprint density at radius 3 is 0.880 bits per heavy atom. The summed E-state index contributed by atoms with van der Waals surface area (Å²) < 4.78 is 50.8. The highest BCUT2D eigenvalue weighted by Gasteiger charge is 2.31. The first-order chi connectivity index (χ1) is 24.5. The number of aryl methyl sites for hydroxylation is 2. The van der Waals surface area contributed by atoms with Gasteiger partial charge < -0.3 is 36.6 Å². The van der Waals surface area contributed by atoms with Crippen LogP contribution in [0.2, 0.25) is 0 Å². The van der Waals surface area contributed by atoms with E-state index in [1.165, 1.54) is 0 Å². The van der Waals surface area contributed by atoms with Gasteiger partial charge in [0.25, 0.3) is 0 Å². The molecule has 8 nitrogen and oxygen atoms in total. The van der Waals surface area contributed by atoms with Crippen molar-refractivity contribution in [2.75, 3.05) is 14.2 Å². The smallest absolute Gasteiger partial charge is 0.496 e. The van der Waals surface area contributed by atoms with E-state index in [1.54, 1.807) is 14.2 Å². The first-order valence-corrected chi connectivity index (χ1v) is 17.9. The van der Waals surface area contributed by atoms with Crippen LogP contribution in [0, 0.1) is 13.8 Å². The summed E-state index contributed by atoms with van der Waals surface area (Å²) in [5, 5.41) is 0. The predicted octanol–water partition coefficient (Wildman–Crippen LogP) is 11.5. The lowest BCUT2D eigenvalue weighted by molar-refractivity contribution is 0.377. The zero-order chi connectivity index (χ0) is 34.7. The summed E-state index contributed by atoms with van der Waals surface area (Å²) in [5.74, 6) is 4.34. The monoisotopic (exact) mass is 706 g/mol. The van der Waals surface area contributed by atoms with Gasteiger partial charge in [0.1, 0.15) is 46.0 Å². The number of methoxy groups -OCH3 is 2. The van der Waals surface area contributed by atoms with Crippen molar-refractivity contribution in [1.82, 2.24) is 0 Å². The quantitative estimate of drug-likeness (QED) is 0.0977. The summed E-state index contributed by atoms with van der Waals surface area (Å²) in [6.45, 7) is 3.90. The van der Waals surface area contributed by atoms with E-state index in [2.05, 4.69) is 0 Å². The van der Waals surface area contributed by atoms with Crippen molar-refractivity contribution in [3.8, 4) is 57.1 Å². The van der Waals surface area contributed by atoms with Crippen LogP contribution in [0.15, 0.2) is 146 Å². The summed E-state index contributed by atoms with van der Waals surface area (Å²) in [6, 6.07) is 45.2. The molecular weight excluding hydrogens is 670 g/mol. The van der Waals surface area contributed by atoms with Crippen molar-refractivity contribution >= 4 is 17.2 Å². The Hall–Kier alpha value is -5.42.